The van der Waals surface area contributed by atoms with Crippen molar-refractivity contribution < 1.29 is 34.8 Å². The highest BCUT2D eigenvalue weighted by Crippen LogP contribution is 2.08. The topological polar surface area (TPSA) is 124 Å². The second-order valence-electron chi connectivity index (χ2n) is 3.52. The number of hydrogen-bond acceptors (Lipinski definition) is 7. The Balaban J connectivity index is 4.60. The van der Waals surface area contributed by atoms with Gasteiger partial charge in [0.25, 0.3) is 0 Å². The summed E-state index contributed by atoms with van der Waals surface area (Å²) in [5.74, 6) is -0.910. The summed E-state index contributed by atoms with van der Waals surface area (Å²) in [6.45, 7) is 3.81. The summed E-state index contributed by atoms with van der Waals surface area (Å²) < 4.78 is 4.53. The number of ether oxygens (including phenoxy) is 1. The van der Waals surface area contributed by atoms with Crippen LogP contribution in [0.5, 0.6) is 0 Å². The van der Waals surface area contributed by atoms with Gasteiger partial charge in [-0.15, -0.1) is 0 Å². The van der Waals surface area contributed by atoms with E-state index in [1.807, 2.05) is 0 Å². The number of aldehydes is 1. The maximum atomic E-state index is 11.1. The molecule has 0 aliphatic rings. The quantitative estimate of drug-likeness (QED) is 0.228. The van der Waals surface area contributed by atoms with E-state index in [2.05, 4.69) is 11.3 Å². The molecule has 0 saturated carbocycles. The van der Waals surface area contributed by atoms with E-state index in [9.17, 15) is 19.8 Å². The van der Waals surface area contributed by atoms with Crippen molar-refractivity contribution in [1.82, 2.24) is 0 Å². The fourth-order valence-corrected chi connectivity index (χ4v) is 0.932. The molecular formula is C10H16O7. The molecular weight excluding hydrogens is 232 g/mol. The first-order valence-corrected chi connectivity index (χ1v) is 4.82. The van der Waals surface area contributed by atoms with Gasteiger partial charge in [-0.3, -0.25) is 4.79 Å². The molecule has 0 aromatic heterocycles. The number of esters is 1. The normalized spacial score (nSPS) is 17.7. The van der Waals surface area contributed by atoms with Gasteiger partial charge in [-0.1, -0.05) is 6.58 Å². The minimum atomic E-state index is -1.84. The SMILES string of the molecule is C=C(C)C(=O)O[C@@H](C=O)[C@@H](O)[C@H](O)[C@H](O)CO. The zero-order chi connectivity index (χ0) is 13.6. The van der Waals surface area contributed by atoms with Crippen LogP contribution < -0.4 is 0 Å². The van der Waals surface area contributed by atoms with Gasteiger partial charge in [-0.2, -0.15) is 0 Å². The number of hydrogen-bond donors (Lipinski definition) is 4. The molecule has 7 nitrogen and oxygen atoms in total. The summed E-state index contributed by atoms with van der Waals surface area (Å²) in [5.41, 5.74) is 0.0150. The highest BCUT2D eigenvalue weighted by molar-refractivity contribution is 5.88. The predicted octanol–water partition coefficient (Wildman–Crippen LogP) is -2.25. The van der Waals surface area contributed by atoms with Crippen LogP contribution in [-0.2, 0) is 14.3 Å². The summed E-state index contributed by atoms with van der Waals surface area (Å²) >= 11 is 0. The lowest BCUT2D eigenvalue weighted by molar-refractivity contribution is -0.164. The van der Waals surface area contributed by atoms with Gasteiger partial charge >= 0.3 is 5.97 Å². The lowest BCUT2D eigenvalue weighted by Crippen LogP contribution is -2.48. The molecule has 0 aromatic carbocycles. The van der Waals surface area contributed by atoms with Crippen LogP contribution in [0.4, 0.5) is 0 Å². The van der Waals surface area contributed by atoms with Crippen molar-refractivity contribution in [2.75, 3.05) is 6.61 Å². The van der Waals surface area contributed by atoms with Gasteiger partial charge < -0.3 is 25.2 Å². The van der Waals surface area contributed by atoms with Crippen LogP contribution in [0.15, 0.2) is 12.2 Å². The predicted molar refractivity (Wildman–Crippen MR) is 55.9 cm³/mol. The molecule has 4 atom stereocenters. The molecule has 0 radical (unpaired) electrons. The smallest absolute Gasteiger partial charge is 0.333 e. The molecule has 0 heterocycles. The average Bonchev–Trinajstić information content (AvgIpc) is 2.32. The monoisotopic (exact) mass is 248 g/mol. The molecule has 0 aromatic rings. The van der Waals surface area contributed by atoms with E-state index < -0.39 is 37.0 Å². The molecule has 7 heteroatoms. The lowest BCUT2D eigenvalue weighted by atomic mass is 10.0. The molecule has 17 heavy (non-hydrogen) atoms. The van der Waals surface area contributed by atoms with Crippen LogP contribution in [0.1, 0.15) is 6.92 Å². The van der Waals surface area contributed by atoms with E-state index >= 15 is 0 Å². The Labute approximate surface area is 97.9 Å². The standard InChI is InChI=1S/C10H16O7/c1-5(2)10(16)17-7(4-12)9(15)8(14)6(13)3-11/h4,6-9,11,13-15H,1,3H2,2H3/t6-,7+,8-,9-/m1/s1. The molecule has 4 N–H and O–H groups in total. The Morgan fingerprint density at radius 1 is 1.35 bits per heavy atom. The summed E-state index contributed by atoms with van der Waals surface area (Å²) in [6, 6.07) is 0. The van der Waals surface area contributed by atoms with Gasteiger partial charge in [0.15, 0.2) is 12.4 Å². The molecule has 0 aliphatic heterocycles. The third-order valence-corrected chi connectivity index (χ3v) is 1.99. The molecule has 0 rings (SSSR count). The van der Waals surface area contributed by atoms with E-state index in [4.69, 9.17) is 10.2 Å². The van der Waals surface area contributed by atoms with Crippen molar-refractivity contribution >= 4 is 12.3 Å². The Kier molecular flexibility index (Phi) is 6.59. The van der Waals surface area contributed by atoms with Gasteiger partial charge in [-0.05, 0) is 6.92 Å². The number of aliphatic hydroxyl groups is 4. The maximum absolute atomic E-state index is 11.1. The van der Waals surface area contributed by atoms with E-state index in [0.717, 1.165) is 0 Å². The molecule has 0 fully saturated rings. The summed E-state index contributed by atoms with van der Waals surface area (Å²) in [5, 5.41) is 36.4. The molecule has 0 spiro atoms. The molecule has 0 unspecified atom stereocenters. The lowest BCUT2D eigenvalue weighted by Gasteiger charge is -2.25. The highest BCUT2D eigenvalue weighted by Gasteiger charge is 2.33. The van der Waals surface area contributed by atoms with Crippen LogP contribution in [0, 0.1) is 0 Å². The van der Waals surface area contributed by atoms with E-state index in [-0.39, 0.29) is 11.9 Å². The Morgan fingerprint density at radius 3 is 2.24 bits per heavy atom. The molecule has 0 amide bonds. The van der Waals surface area contributed by atoms with Crippen LogP contribution in [0.2, 0.25) is 0 Å². The largest absolute Gasteiger partial charge is 0.448 e. The van der Waals surface area contributed by atoms with Crippen molar-refractivity contribution in [3.05, 3.63) is 12.2 Å². The molecule has 0 saturated heterocycles. The number of rotatable bonds is 7. The van der Waals surface area contributed by atoms with Crippen LogP contribution in [0.3, 0.4) is 0 Å². The maximum Gasteiger partial charge on any atom is 0.333 e. The van der Waals surface area contributed by atoms with Crippen molar-refractivity contribution in [2.45, 2.75) is 31.3 Å². The minimum Gasteiger partial charge on any atom is -0.448 e. The third kappa shape index (κ3) is 4.61. The summed E-state index contributed by atoms with van der Waals surface area (Å²) in [6.07, 6.45) is -6.82. The Hall–Kier alpha value is -1.28. The van der Waals surface area contributed by atoms with Crippen molar-refractivity contribution in [3.8, 4) is 0 Å². The fourth-order valence-electron chi connectivity index (χ4n) is 0.932. The van der Waals surface area contributed by atoms with Crippen LogP contribution >= 0.6 is 0 Å². The van der Waals surface area contributed by atoms with Crippen molar-refractivity contribution in [3.63, 3.8) is 0 Å². The Bertz CT molecular complexity index is 288. The first-order valence-electron chi connectivity index (χ1n) is 4.82. The first kappa shape index (κ1) is 15.7. The van der Waals surface area contributed by atoms with Gasteiger partial charge in [0, 0.05) is 5.57 Å². The number of aliphatic hydroxyl groups excluding tert-OH is 4. The van der Waals surface area contributed by atoms with E-state index in [1.54, 1.807) is 0 Å². The number of carbonyl (C=O) groups is 2. The Morgan fingerprint density at radius 2 is 1.88 bits per heavy atom. The third-order valence-electron chi connectivity index (χ3n) is 1.99. The zero-order valence-corrected chi connectivity index (χ0v) is 9.31. The molecule has 0 bridgehead atoms. The van der Waals surface area contributed by atoms with Crippen LogP contribution in [-0.4, -0.2) is 63.7 Å². The van der Waals surface area contributed by atoms with Gasteiger partial charge in [-0.25, -0.2) is 4.79 Å². The highest BCUT2D eigenvalue weighted by atomic mass is 16.6. The minimum absolute atomic E-state index is 0.0150. The summed E-state index contributed by atoms with van der Waals surface area (Å²) in [7, 11) is 0. The van der Waals surface area contributed by atoms with Gasteiger partial charge in [0.05, 0.1) is 6.61 Å². The second-order valence-corrected chi connectivity index (χ2v) is 3.52. The van der Waals surface area contributed by atoms with E-state index in [1.165, 1.54) is 6.92 Å². The average molecular weight is 248 g/mol. The van der Waals surface area contributed by atoms with Gasteiger partial charge in [0.2, 0.25) is 0 Å². The zero-order valence-electron chi connectivity index (χ0n) is 9.31. The van der Waals surface area contributed by atoms with Crippen molar-refractivity contribution in [1.29, 1.82) is 0 Å². The van der Waals surface area contributed by atoms with Crippen LogP contribution in [0.25, 0.3) is 0 Å². The second kappa shape index (κ2) is 7.13. The number of carbonyl (C=O) groups excluding carboxylic acids is 2. The summed E-state index contributed by atoms with van der Waals surface area (Å²) in [4.78, 5) is 21.7. The van der Waals surface area contributed by atoms with E-state index in [0.29, 0.717) is 0 Å². The van der Waals surface area contributed by atoms with Gasteiger partial charge in [0.1, 0.15) is 18.3 Å². The fraction of sp³-hybridized carbons (Fsp3) is 0.600. The molecule has 0 aliphatic carbocycles. The van der Waals surface area contributed by atoms with Crippen molar-refractivity contribution in [2.24, 2.45) is 0 Å². The first-order chi connectivity index (χ1) is 7.84. The molecule has 98 valence electrons.